The lowest BCUT2D eigenvalue weighted by atomic mass is 10.2. The van der Waals surface area contributed by atoms with E-state index in [1.165, 1.54) is 12.1 Å². The number of alkyl halides is 3. The van der Waals surface area contributed by atoms with Gasteiger partial charge in [0.15, 0.2) is 0 Å². The zero-order valence-electron chi connectivity index (χ0n) is 7.63. The van der Waals surface area contributed by atoms with E-state index in [-0.39, 0.29) is 5.75 Å². The summed E-state index contributed by atoms with van der Waals surface area (Å²) in [7, 11) is 0. The molecule has 0 aliphatic carbocycles. The Morgan fingerprint density at radius 1 is 1.33 bits per heavy atom. The number of rotatable bonds is 1. The molecule has 0 saturated heterocycles. The molecule has 0 aliphatic rings. The van der Waals surface area contributed by atoms with Crippen LogP contribution in [-0.4, -0.2) is 10.7 Å². The van der Waals surface area contributed by atoms with Gasteiger partial charge in [-0.2, -0.15) is 4.37 Å². The maximum Gasteiger partial charge on any atom is 0.573 e. The van der Waals surface area contributed by atoms with E-state index in [4.69, 9.17) is 0 Å². The number of fused-ring (bicyclic) bond motifs is 1. The van der Waals surface area contributed by atoms with Gasteiger partial charge in [0.2, 0.25) is 0 Å². The monoisotopic (exact) mass is 233 g/mol. The Bertz CT molecular complexity index is 492. The number of halogens is 3. The summed E-state index contributed by atoms with van der Waals surface area (Å²) in [5.41, 5.74) is 0.813. The minimum Gasteiger partial charge on any atom is -0.406 e. The summed E-state index contributed by atoms with van der Waals surface area (Å²) in [5.74, 6) is -0.210. The molecular formula is C9H6F3NOS. The van der Waals surface area contributed by atoms with E-state index in [0.29, 0.717) is 4.70 Å². The molecule has 6 heteroatoms. The lowest BCUT2D eigenvalue weighted by Gasteiger charge is -2.08. The fraction of sp³-hybridized carbons (Fsp3) is 0.222. The third kappa shape index (κ3) is 2.20. The van der Waals surface area contributed by atoms with Gasteiger partial charge in [0.25, 0.3) is 0 Å². The largest absolute Gasteiger partial charge is 0.573 e. The normalized spacial score (nSPS) is 12.0. The SMILES string of the molecule is Cc1nsc2cc(OC(F)(F)F)ccc12. The maximum absolute atomic E-state index is 11.9. The van der Waals surface area contributed by atoms with Crippen molar-refractivity contribution >= 4 is 21.6 Å². The minimum absolute atomic E-state index is 0.210. The number of ether oxygens (including phenoxy) is 1. The van der Waals surface area contributed by atoms with Crippen molar-refractivity contribution in [2.75, 3.05) is 0 Å². The molecule has 0 aliphatic heterocycles. The fourth-order valence-electron chi connectivity index (χ4n) is 1.24. The average Bonchev–Trinajstić information content (AvgIpc) is 2.45. The van der Waals surface area contributed by atoms with Crippen LogP contribution in [0.3, 0.4) is 0 Å². The second-order valence-electron chi connectivity index (χ2n) is 2.97. The van der Waals surface area contributed by atoms with Gasteiger partial charge in [0, 0.05) is 5.39 Å². The van der Waals surface area contributed by atoms with Crippen molar-refractivity contribution in [1.82, 2.24) is 4.37 Å². The van der Waals surface area contributed by atoms with Crippen molar-refractivity contribution in [3.05, 3.63) is 23.9 Å². The topological polar surface area (TPSA) is 22.1 Å². The molecule has 1 aromatic heterocycles. The number of hydrogen-bond donors (Lipinski definition) is 0. The van der Waals surface area contributed by atoms with Crippen LogP contribution in [0.5, 0.6) is 5.75 Å². The van der Waals surface area contributed by atoms with Crippen LogP contribution in [0.2, 0.25) is 0 Å². The number of benzene rings is 1. The molecule has 0 N–H and O–H groups in total. The van der Waals surface area contributed by atoms with E-state index >= 15 is 0 Å². The molecule has 0 unspecified atom stereocenters. The van der Waals surface area contributed by atoms with Crippen LogP contribution < -0.4 is 4.74 Å². The summed E-state index contributed by atoms with van der Waals surface area (Å²) >= 11 is 1.16. The molecular weight excluding hydrogens is 227 g/mol. The van der Waals surface area contributed by atoms with Crippen LogP contribution in [0, 0.1) is 6.92 Å². The summed E-state index contributed by atoms with van der Waals surface area (Å²) in [6, 6.07) is 4.21. The molecule has 80 valence electrons. The Morgan fingerprint density at radius 3 is 2.73 bits per heavy atom. The first-order valence-electron chi connectivity index (χ1n) is 4.07. The van der Waals surface area contributed by atoms with Crippen molar-refractivity contribution in [3.8, 4) is 5.75 Å². The first-order valence-corrected chi connectivity index (χ1v) is 4.85. The number of aromatic nitrogens is 1. The highest BCUT2D eigenvalue weighted by Gasteiger charge is 2.31. The maximum atomic E-state index is 11.9. The molecule has 2 rings (SSSR count). The number of hydrogen-bond acceptors (Lipinski definition) is 3. The zero-order valence-corrected chi connectivity index (χ0v) is 8.45. The molecule has 2 aromatic rings. The lowest BCUT2D eigenvalue weighted by Crippen LogP contribution is -2.16. The van der Waals surface area contributed by atoms with Crippen LogP contribution in [0.15, 0.2) is 18.2 Å². The van der Waals surface area contributed by atoms with Gasteiger partial charge >= 0.3 is 6.36 Å². The number of nitrogens with zero attached hydrogens (tertiary/aromatic N) is 1. The lowest BCUT2D eigenvalue weighted by molar-refractivity contribution is -0.274. The number of aryl methyl sites for hydroxylation is 1. The van der Waals surface area contributed by atoms with Crippen molar-refractivity contribution < 1.29 is 17.9 Å². The summed E-state index contributed by atoms with van der Waals surface area (Å²) in [6.07, 6.45) is -4.65. The summed E-state index contributed by atoms with van der Waals surface area (Å²) in [5, 5.41) is 0.856. The van der Waals surface area contributed by atoms with E-state index in [2.05, 4.69) is 9.11 Å². The molecule has 0 saturated carbocycles. The first-order chi connectivity index (χ1) is 6.96. The van der Waals surface area contributed by atoms with Crippen LogP contribution in [0.25, 0.3) is 10.1 Å². The zero-order chi connectivity index (χ0) is 11.1. The Balaban J connectivity index is 2.39. The Kier molecular flexibility index (Phi) is 2.30. The average molecular weight is 233 g/mol. The molecule has 0 spiro atoms. The van der Waals surface area contributed by atoms with E-state index in [1.54, 1.807) is 6.07 Å². The minimum atomic E-state index is -4.65. The van der Waals surface area contributed by atoms with Gasteiger partial charge in [-0.25, -0.2) is 0 Å². The third-order valence-corrected chi connectivity index (χ3v) is 2.76. The van der Waals surface area contributed by atoms with E-state index in [1.807, 2.05) is 6.92 Å². The summed E-state index contributed by atoms with van der Waals surface area (Å²) < 4.78 is 44.3. The molecule has 0 radical (unpaired) electrons. The molecule has 1 aromatic carbocycles. The van der Waals surface area contributed by atoms with Crippen molar-refractivity contribution in [2.24, 2.45) is 0 Å². The molecule has 0 fully saturated rings. The van der Waals surface area contributed by atoms with Crippen molar-refractivity contribution in [3.63, 3.8) is 0 Å². The first kappa shape index (κ1) is 10.2. The van der Waals surface area contributed by atoms with Crippen LogP contribution in [-0.2, 0) is 0 Å². The molecule has 2 nitrogen and oxygen atoms in total. The smallest absolute Gasteiger partial charge is 0.406 e. The second kappa shape index (κ2) is 3.37. The van der Waals surface area contributed by atoms with Crippen LogP contribution in [0.4, 0.5) is 13.2 Å². The highest BCUT2D eigenvalue weighted by Crippen LogP contribution is 2.29. The highest BCUT2D eigenvalue weighted by molar-refractivity contribution is 7.13. The quantitative estimate of drug-likeness (QED) is 0.752. The van der Waals surface area contributed by atoms with E-state index < -0.39 is 6.36 Å². The van der Waals surface area contributed by atoms with Gasteiger partial charge in [-0.1, -0.05) is 0 Å². The van der Waals surface area contributed by atoms with E-state index in [0.717, 1.165) is 22.6 Å². The van der Waals surface area contributed by atoms with Gasteiger partial charge in [0.05, 0.1) is 10.4 Å². The molecule has 0 bridgehead atoms. The highest BCUT2D eigenvalue weighted by atomic mass is 32.1. The fourth-order valence-corrected chi connectivity index (χ4v) is 2.06. The van der Waals surface area contributed by atoms with E-state index in [9.17, 15) is 13.2 Å². The van der Waals surface area contributed by atoms with Crippen molar-refractivity contribution in [1.29, 1.82) is 0 Å². The summed E-state index contributed by atoms with van der Waals surface area (Å²) in [6.45, 7) is 1.81. The van der Waals surface area contributed by atoms with Crippen LogP contribution in [0.1, 0.15) is 5.69 Å². The van der Waals surface area contributed by atoms with Gasteiger partial charge in [0.1, 0.15) is 5.75 Å². The molecule has 1 heterocycles. The predicted octanol–water partition coefficient (Wildman–Crippen LogP) is 3.50. The van der Waals surface area contributed by atoms with Crippen molar-refractivity contribution in [2.45, 2.75) is 13.3 Å². The van der Waals surface area contributed by atoms with Gasteiger partial charge in [-0.05, 0) is 36.7 Å². The molecule has 0 atom stereocenters. The second-order valence-corrected chi connectivity index (χ2v) is 3.78. The van der Waals surface area contributed by atoms with Gasteiger partial charge in [-0.3, -0.25) is 0 Å². The summed E-state index contributed by atoms with van der Waals surface area (Å²) in [4.78, 5) is 0. The molecule has 15 heavy (non-hydrogen) atoms. The Labute approximate surface area is 87.5 Å². The Morgan fingerprint density at radius 2 is 2.07 bits per heavy atom. The standard InChI is InChI=1S/C9H6F3NOS/c1-5-7-3-2-6(14-9(10,11)12)4-8(7)15-13-5/h2-4H,1H3. The Hall–Kier alpha value is -1.30. The predicted molar refractivity (Wildman–Crippen MR) is 51.0 cm³/mol. The third-order valence-electron chi connectivity index (χ3n) is 1.86. The van der Waals surface area contributed by atoms with Crippen LogP contribution >= 0.6 is 11.5 Å². The molecule has 0 amide bonds. The van der Waals surface area contributed by atoms with Gasteiger partial charge in [-0.15, -0.1) is 13.2 Å². The van der Waals surface area contributed by atoms with Gasteiger partial charge < -0.3 is 4.74 Å².